The highest BCUT2D eigenvalue weighted by atomic mass is 16.7. The lowest BCUT2D eigenvalue weighted by Crippen LogP contribution is -2.38. The monoisotopic (exact) mass is 291 g/mol. The van der Waals surface area contributed by atoms with Crippen LogP contribution in [0.1, 0.15) is 24.0 Å². The Labute approximate surface area is 124 Å². The molecule has 5 heteroatoms. The first-order valence-corrected chi connectivity index (χ1v) is 7.33. The number of hydrogen-bond donors (Lipinski definition) is 0. The molecule has 1 aliphatic carbocycles. The Morgan fingerprint density at radius 2 is 2.05 bits per heavy atom. The zero-order valence-corrected chi connectivity index (χ0v) is 12.5. The summed E-state index contributed by atoms with van der Waals surface area (Å²) in [5.74, 6) is 0. The van der Waals surface area contributed by atoms with E-state index in [2.05, 4.69) is 6.07 Å². The Bertz CT molecular complexity index is 525. The number of carbonyl (C=O) groups is 1. The van der Waals surface area contributed by atoms with Crippen molar-refractivity contribution in [2.24, 2.45) is 0 Å². The Hall–Kier alpha value is -1.59. The molecule has 1 amide bonds. The molecule has 1 aliphatic heterocycles. The van der Waals surface area contributed by atoms with Gasteiger partial charge in [-0.2, -0.15) is 0 Å². The van der Waals surface area contributed by atoms with Crippen LogP contribution in [0.25, 0.3) is 0 Å². The molecule has 0 N–H and O–H groups in total. The second-order valence-electron chi connectivity index (χ2n) is 5.79. The van der Waals surface area contributed by atoms with Crippen molar-refractivity contribution in [3.8, 4) is 0 Å². The number of carbonyl (C=O) groups excluding carboxylic acids is 1. The fourth-order valence-corrected chi connectivity index (χ4v) is 3.07. The number of rotatable bonds is 3. The minimum Gasteiger partial charge on any atom is -0.438 e. The van der Waals surface area contributed by atoms with E-state index >= 15 is 0 Å². The number of aryl methyl sites for hydroxylation is 1. The summed E-state index contributed by atoms with van der Waals surface area (Å²) >= 11 is 0. The van der Waals surface area contributed by atoms with Crippen molar-refractivity contribution >= 4 is 6.09 Å². The molecule has 0 aromatic heterocycles. The molecule has 1 aromatic rings. The van der Waals surface area contributed by atoms with Gasteiger partial charge in [0.25, 0.3) is 0 Å². The van der Waals surface area contributed by atoms with E-state index in [0.717, 1.165) is 18.4 Å². The molecule has 0 radical (unpaired) electrons. The zero-order chi connectivity index (χ0) is 14.9. The van der Waals surface area contributed by atoms with Crippen molar-refractivity contribution in [1.29, 1.82) is 0 Å². The highest BCUT2D eigenvalue weighted by molar-refractivity contribution is 5.68. The summed E-state index contributed by atoms with van der Waals surface area (Å²) in [6.07, 6.45) is 1.60. The molecule has 0 bridgehead atoms. The van der Waals surface area contributed by atoms with Crippen LogP contribution in [-0.2, 0) is 26.2 Å². The smallest absolute Gasteiger partial charge is 0.410 e. The summed E-state index contributed by atoms with van der Waals surface area (Å²) in [6.45, 7) is 1.20. The molecule has 1 aromatic carbocycles. The molecule has 3 rings (SSSR count). The van der Waals surface area contributed by atoms with E-state index < -0.39 is 5.60 Å². The first-order chi connectivity index (χ1) is 10.1. The fourth-order valence-electron chi connectivity index (χ4n) is 3.07. The van der Waals surface area contributed by atoms with E-state index in [9.17, 15) is 4.79 Å². The molecule has 2 aliphatic rings. The average molecular weight is 291 g/mol. The molecule has 21 heavy (non-hydrogen) atoms. The van der Waals surface area contributed by atoms with Gasteiger partial charge in [0.15, 0.2) is 6.29 Å². The van der Waals surface area contributed by atoms with Gasteiger partial charge in [0.2, 0.25) is 0 Å². The van der Waals surface area contributed by atoms with Crippen LogP contribution < -0.4 is 0 Å². The molecule has 1 fully saturated rings. The van der Waals surface area contributed by atoms with Gasteiger partial charge in [-0.05, 0) is 24.0 Å². The number of fused-ring (bicyclic) bond motifs is 1. The molecule has 5 nitrogen and oxygen atoms in total. The van der Waals surface area contributed by atoms with Gasteiger partial charge in [0, 0.05) is 20.5 Å². The maximum absolute atomic E-state index is 12.1. The second-order valence-corrected chi connectivity index (χ2v) is 5.79. The SMILES string of the molecule is CN(C)C(=O)OC1(CC2OCCO2)CCc2ccccc21. The molecular weight excluding hydrogens is 270 g/mol. The Kier molecular flexibility index (Phi) is 3.87. The lowest BCUT2D eigenvalue weighted by molar-refractivity contribution is -0.110. The van der Waals surface area contributed by atoms with Crippen molar-refractivity contribution in [1.82, 2.24) is 4.90 Å². The highest BCUT2D eigenvalue weighted by Crippen LogP contribution is 2.44. The molecule has 1 unspecified atom stereocenters. The van der Waals surface area contributed by atoms with Crippen molar-refractivity contribution in [2.75, 3.05) is 27.3 Å². The second kappa shape index (κ2) is 5.66. The van der Waals surface area contributed by atoms with Crippen LogP contribution in [0.15, 0.2) is 24.3 Å². The van der Waals surface area contributed by atoms with Crippen molar-refractivity contribution < 1.29 is 19.0 Å². The molecule has 1 saturated heterocycles. The third kappa shape index (κ3) is 2.76. The number of benzene rings is 1. The Balaban J connectivity index is 1.90. The number of hydrogen-bond acceptors (Lipinski definition) is 4. The van der Waals surface area contributed by atoms with E-state index in [0.29, 0.717) is 19.6 Å². The van der Waals surface area contributed by atoms with Crippen molar-refractivity contribution in [2.45, 2.75) is 31.2 Å². The first kappa shape index (κ1) is 14.4. The minimum atomic E-state index is -0.646. The van der Waals surface area contributed by atoms with Crippen molar-refractivity contribution in [3.05, 3.63) is 35.4 Å². The van der Waals surface area contributed by atoms with Crippen LogP contribution in [-0.4, -0.2) is 44.6 Å². The largest absolute Gasteiger partial charge is 0.438 e. The van der Waals surface area contributed by atoms with E-state index in [1.165, 1.54) is 10.5 Å². The summed E-state index contributed by atoms with van der Waals surface area (Å²) in [4.78, 5) is 13.6. The highest BCUT2D eigenvalue weighted by Gasteiger charge is 2.45. The summed E-state index contributed by atoms with van der Waals surface area (Å²) < 4.78 is 17.0. The number of nitrogens with zero attached hydrogens (tertiary/aromatic N) is 1. The van der Waals surface area contributed by atoms with Gasteiger partial charge >= 0.3 is 6.09 Å². The van der Waals surface area contributed by atoms with E-state index in [1.54, 1.807) is 14.1 Å². The van der Waals surface area contributed by atoms with Crippen LogP contribution in [0.5, 0.6) is 0 Å². The quantitative estimate of drug-likeness (QED) is 0.857. The summed E-state index contributed by atoms with van der Waals surface area (Å²) in [6, 6.07) is 8.14. The third-order valence-corrected chi connectivity index (χ3v) is 4.14. The molecule has 0 saturated carbocycles. The van der Waals surface area contributed by atoms with E-state index in [4.69, 9.17) is 14.2 Å². The first-order valence-electron chi connectivity index (χ1n) is 7.33. The molecule has 114 valence electrons. The van der Waals surface area contributed by atoms with Crippen LogP contribution in [0, 0.1) is 0 Å². The lowest BCUT2D eigenvalue weighted by Gasteiger charge is -2.33. The standard InChI is InChI=1S/C16H21NO4/c1-17(2)15(18)21-16(11-14-19-9-10-20-14)8-7-12-5-3-4-6-13(12)16/h3-6,14H,7-11H2,1-2H3. The van der Waals surface area contributed by atoms with Gasteiger partial charge in [-0.3, -0.25) is 0 Å². The van der Waals surface area contributed by atoms with Crippen molar-refractivity contribution in [3.63, 3.8) is 0 Å². The van der Waals surface area contributed by atoms with Gasteiger partial charge < -0.3 is 19.1 Å². The van der Waals surface area contributed by atoms with E-state index in [1.807, 2.05) is 18.2 Å². The fraction of sp³-hybridized carbons (Fsp3) is 0.562. The van der Waals surface area contributed by atoms with Crippen LogP contribution >= 0.6 is 0 Å². The molecular formula is C16H21NO4. The summed E-state index contributed by atoms with van der Waals surface area (Å²) in [5.41, 5.74) is 1.67. The van der Waals surface area contributed by atoms with Gasteiger partial charge in [0.1, 0.15) is 5.60 Å². The van der Waals surface area contributed by atoms with E-state index in [-0.39, 0.29) is 12.4 Å². The summed E-state index contributed by atoms with van der Waals surface area (Å²) in [5, 5.41) is 0. The number of ether oxygens (including phenoxy) is 3. The minimum absolute atomic E-state index is 0.300. The van der Waals surface area contributed by atoms with Gasteiger partial charge in [-0.1, -0.05) is 24.3 Å². The predicted molar refractivity (Wildman–Crippen MR) is 76.9 cm³/mol. The summed E-state index contributed by atoms with van der Waals surface area (Å²) in [7, 11) is 3.39. The average Bonchev–Trinajstić information content (AvgIpc) is 3.09. The maximum Gasteiger partial charge on any atom is 0.410 e. The van der Waals surface area contributed by atoms with Gasteiger partial charge in [-0.25, -0.2) is 4.79 Å². The molecule has 1 heterocycles. The molecule has 0 spiro atoms. The van der Waals surface area contributed by atoms with Crippen LogP contribution in [0.3, 0.4) is 0 Å². The maximum atomic E-state index is 12.1. The van der Waals surface area contributed by atoms with Gasteiger partial charge in [-0.15, -0.1) is 0 Å². The Morgan fingerprint density at radius 1 is 1.33 bits per heavy atom. The predicted octanol–water partition coefficient (Wildman–Crippen LogP) is 2.29. The Morgan fingerprint density at radius 3 is 2.76 bits per heavy atom. The molecule has 1 atom stereocenters. The zero-order valence-electron chi connectivity index (χ0n) is 12.5. The van der Waals surface area contributed by atoms with Crippen LogP contribution in [0.4, 0.5) is 4.79 Å². The van der Waals surface area contributed by atoms with Gasteiger partial charge in [0.05, 0.1) is 13.2 Å². The van der Waals surface area contributed by atoms with Crippen LogP contribution in [0.2, 0.25) is 0 Å². The number of amides is 1. The topological polar surface area (TPSA) is 48.0 Å². The normalized spacial score (nSPS) is 24.9. The lowest BCUT2D eigenvalue weighted by atomic mass is 9.91. The third-order valence-electron chi connectivity index (χ3n) is 4.14.